The molecule has 142 valence electrons. The molecule has 1 amide bonds. The van der Waals surface area contributed by atoms with Crippen LogP contribution in [0.25, 0.3) is 0 Å². The summed E-state index contributed by atoms with van der Waals surface area (Å²) in [5.41, 5.74) is 1.59. The highest BCUT2D eigenvalue weighted by Crippen LogP contribution is 2.24. The Kier molecular flexibility index (Phi) is 8.85. The van der Waals surface area contributed by atoms with Crippen LogP contribution in [0.4, 0.5) is 5.69 Å². The minimum atomic E-state index is -3.20. The average Bonchev–Trinajstić information content (AvgIpc) is 2.54. The molecule has 1 aliphatic rings. The van der Waals surface area contributed by atoms with Crippen LogP contribution in [0.2, 0.25) is 0 Å². The van der Waals surface area contributed by atoms with E-state index in [1.165, 1.54) is 0 Å². The molecule has 1 aromatic carbocycles. The first-order chi connectivity index (χ1) is 11.3. The molecule has 0 spiro atoms. The number of amides is 1. The first-order valence-electron chi connectivity index (χ1n) is 8.37. The molecule has 1 aromatic rings. The van der Waals surface area contributed by atoms with E-state index in [1.807, 2.05) is 12.1 Å². The Balaban J connectivity index is 0.00000312. The Morgan fingerprint density at radius 1 is 1.24 bits per heavy atom. The van der Waals surface area contributed by atoms with Crippen LogP contribution in [0.5, 0.6) is 0 Å². The van der Waals surface area contributed by atoms with E-state index in [0.29, 0.717) is 18.3 Å². The molecule has 0 aromatic heterocycles. The lowest BCUT2D eigenvalue weighted by Gasteiger charge is -2.27. The second kappa shape index (κ2) is 10.1. The van der Waals surface area contributed by atoms with E-state index in [0.717, 1.165) is 43.4 Å². The summed E-state index contributed by atoms with van der Waals surface area (Å²) in [4.78, 5) is 12.2. The lowest BCUT2D eigenvalue weighted by Crippen LogP contribution is -2.32. The van der Waals surface area contributed by atoms with Crippen molar-refractivity contribution in [2.24, 2.45) is 11.8 Å². The molecule has 0 saturated carbocycles. The van der Waals surface area contributed by atoms with Gasteiger partial charge in [0.2, 0.25) is 15.9 Å². The SMILES string of the molecule is CC(CC(=O)Nc1ccc(CNS(C)(=O)=O)cc1)C1CCNCC1.Cl. The summed E-state index contributed by atoms with van der Waals surface area (Å²) < 4.78 is 24.6. The van der Waals surface area contributed by atoms with Gasteiger partial charge >= 0.3 is 0 Å². The predicted molar refractivity (Wildman–Crippen MR) is 103 cm³/mol. The first kappa shape index (κ1) is 21.9. The van der Waals surface area contributed by atoms with E-state index >= 15 is 0 Å². The van der Waals surface area contributed by atoms with Crippen LogP contribution in [0, 0.1) is 11.8 Å². The van der Waals surface area contributed by atoms with E-state index in [1.54, 1.807) is 12.1 Å². The smallest absolute Gasteiger partial charge is 0.224 e. The van der Waals surface area contributed by atoms with Crippen molar-refractivity contribution in [1.82, 2.24) is 10.0 Å². The molecule has 6 nitrogen and oxygen atoms in total. The molecule has 0 aliphatic carbocycles. The molecule has 0 bridgehead atoms. The zero-order valence-electron chi connectivity index (χ0n) is 14.7. The highest BCUT2D eigenvalue weighted by atomic mass is 35.5. The zero-order chi connectivity index (χ0) is 17.6. The number of benzene rings is 1. The van der Waals surface area contributed by atoms with Gasteiger partial charge < -0.3 is 10.6 Å². The molecular weight excluding hydrogens is 362 g/mol. The van der Waals surface area contributed by atoms with Crippen molar-refractivity contribution in [3.8, 4) is 0 Å². The maximum absolute atomic E-state index is 12.2. The van der Waals surface area contributed by atoms with Gasteiger partial charge in [0.25, 0.3) is 0 Å². The van der Waals surface area contributed by atoms with Crippen molar-refractivity contribution in [3.05, 3.63) is 29.8 Å². The van der Waals surface area contributed by atoms with Crippen LogP contribution in [-0.2, 0) is 21.4 Å². The van der Waals surface area contributed by atoms with Crippen molar-refractivity contribution in [3.63, 3.8) is 0 Å². The summed E-state index contributed by atoms with van der Waals surface area (Å²) in [7, 11) is -3.20. The molecule has 3 N–H and O–H groups in total. The largest absolute Gasteiger partial charge is 0.326 e. The number of sulfonamides is 1. The van der Waals surface area contributed by atoms with Gasteiger partial charge in [-0.25, -0.2) is 13.1 Å². The van der Waals surface area contributed by atoms with Crippen molar-refractivity contribution in [2.45, 2.75) is 32.7 Å². The van der Waals surface area contributed by atoms with E-state index in [9.17, 15) is 13.2 Å². The topological polar surface area (TPSA) is 87.3 Å². The zero-order valence-corrected chi connectivity index (χ0v) is 16.4. The molecule has 1 unspecified atom stereocenters. The highest BCUT2D eigenvalue weighted by molar-refractivity contribution is 7.88. The van der Waals surface area contributed by atoms with Crippen LogP contribution in [0.15, 0.2) is 24.3 Å². The number of halogens is 1. The van der Waals surface area contributed by atoms with E-state index in [-0.39, 0.29) is 24.9 Å². The van der Waals surface area contributed by atoms with Gasteiger partial charge in [-0.3, -0.25) is 4.79 Å². The van der Waals surface area contributed by atoms with Crippen molar-refractivity contribution in [1.29, 1.82) is 0 Å². The summed E-state index contributed by atoms with van der Waals surface area (Å²) in [5.74, 6) is 1.02. The Morgan fingerprint density at radius 3 is 2.40 bits per heavy atom. The Hall–Kier alpha value is -1.15. The number of hydrogen-bond donors (Lipinski definition) is 3. The molecule has 1 heterocycles. The number of piperidine rings is 1. The molecule has 0 radical (unpaired) electrons. The fourth-order valence-electron chi connectivity index (χ4n) is 3.00. The maximum atomic E-state index is 12.2. The predicted octanol–water partition coefficient (Wildman–Crippen LogP) is 2.12. The first-order valence-corrected chi connectivity index (χ1v) is 10.3. The Bertz CT molecular complexity index is 644. The fraction of sp³-hybridized carbons (Fsp3) is 0.588. The van der Waals surface area contributed by atoms with Gasteiger partial charge in [-0.2, -0.15) is 0 Å². The summed E-state index contributed by atoms with van der Waals surface area (Å²) in [6.07, 6.45) is 3.93. The third-order valence-electron chi connectivity index (χ3n) is 4.47. The summed E-state index contributed by atoms with van der Waals surface area (Å²) >= 11 is 0. The van der Waals surface area contributed by atoms with Gasteiger partial charge in [-0.15, -0.1) is 12.4 Å². The van der Waals surface area contributed by atoms with E-state index < -0.39 is 10.0 Å². The van der Waals surface area contributed by atoms with Gasteiger partial charge in [0.05, 0.1) is 6.26 Å². The molecular formula is C17H28ClN3O3S. The Labute approximate surface area is 156 Å². The average molecular weight is 390 g/mol. The van der Waals surface area contributed by atoms with Crippen LogP contribution in [-0.4, -0.2) is 33.7 Å². The Morgan fingerprint density at radius 2 is 1.84 bits per heavy atom. The minimum Gasteiger partial charge on any atom is -0.326 e. The number of rotatable bonds is 7. The molecule has 1 saturated heterocycles. The van der Waals surface area contributed by atoms with Crippen LogP contribution in [0.1, 0.15) is 31.7 Å². The number of carbonyl (C=O) groups is 1. The third-order valence-corrected chi connectivity index (χ3v) is 5.14. The number of hydrogen-bond acceptors (Lipinski definition) is 4. The van der Waals surface area contributed by atoms with Crippen LogP contribution >= 0.6 is 12.4 Å². The van der Waals surface area contributed by atoms with Gasteiger partial charge in [0.15, 0.2) is 0 Å². The second-order valence-electron chi connectivity index (χ2n) is 6.61. The van der Waals surface area contributed by atoms with E-state index in [4.69, 9.17) is 0 Å². The number of nitrogens with one attached hydrogen (secondary N) is 3. The molecule has 25 heavy (non-hydrogen) atoms. The summed E-state index contributed by atoms with van der Waals surface area (Å²) in [5, 5.41) is 6.26. The number of anilines is 1. The quantitative estimate of drug-likeness (QED) is 0.666. The standard InChI is InChI=1S/C17H27N3O3S.ClH/c1-13(15-7-9-18-10-8-15)11-17(21)20-16-5-3-14(4-6-16)12-19-24(2,22)23;/h3-6,13,15,18-19H,7-12H2,1-2H3,(H,20,21);1H. The highest BCUT2D eigenvalue weighted by Gasteiger charge is 2.21. The summed E-state index contributed by atoms with van der Waals surface area (Å²) in [6.45, 7) is 4.48. The van der Waals surface area contributed by atoms with Gasteiger partial charge in [0.1, 0.15) is 0 Å². The van der Waals surface area contributed by atoms with Crippen molar-refractivity contribution >= 4 is 34.0 Å². The third kappa shape index (κ3) is 8.18. The lowest BCUT2D eigenvalue weighted by molar-refractivity contribution is -0.117. The van der Waals surface area contributed by atoms with Crippen molar-refractivity contribution < 1.29 is 13.2 Å². The molecule has 2 rings (SSSR count). The molecule has 1 fully saturated rings. The monoisotopic (exact) mass is 389 g/mol. The van der Waals surface area contributed by atoms with Gasteiger partial charge in [-0.05, 0) is 55.5 Å². The summed E-state index contributed by atoms with van der Waals surface area (Å²) in [6, 6.07) is 7.22. The molecule has 8 heteroatoms. The molecule has 1 atom stereocenters. The second-order valence-corrected chi connectivity index (χ2v) is 8.44. The van der Waals surface area contributed by atoms with Crippen molar-refractivity contribution in [2.75, 3.05) is 24.7 Å². The lowest BCUT2D eigenvalue weighted by atomic mass is 9.84. The van der Waals surface area contributed by atoms with Gasteiger partial charge in [0, 0.05) is 18.7 Å². The van der Waals surface area contributed by atoms with E-state index in [2.05, 4.69) is 22.3 Å². The van der Waals surface area contributed by atoms with Gasteiger partial charge in [-0.1, -0.05) is 19.1 Å². The number of carbonyl (C=O) groups excluding carboxylic acids is 1. The molecule has 1 aliphatic heterocycles. The normalized spacial score (nSPS) is 16.7. The van der Waals surface area contributed by atoms with Crippen LogP contribution in [0.3, 0.4) is 0 Å². The fourth-order valence-corrected chi connectivity index (χ4v) is 3.43. The minimum absolute atomic E-state index is 0. The van der Waals surface area contributed by atoms with Crippen LogP contribution < -0.4 is 15.4 Å². The maximum Gasteiger partial charge on any atom is 0.224 e.